The molecule has 2 fully saturated rings. The highest BCUT2D eigenvalue weighted by molar-refractivity contribution is 4.91. The van der Waals surface area contributed by atoms with E-state index in [1.165, 1.54) is 71.0 Å². The zero-order chi connectivity index (χ0) is 12.8. The van der Waals surface area contributed by atoms with E-state index < -0.39 is 0 Å². The Labute approximate surface area is 114 Å². The Balaban J connectivity index is 1.69. The average molecular weight is 252 g/mol. The van der Waals surface area contributed by atoms with E-state index in [1.54, 1.807) is 0 Å². The van der Waals surface area contributed by atoms with Crippen LogP contribution in [0.2, 0.25) is 0 Å². The van der Waals surface area contributed by atoms with Crippen LogP contribution in [0.5, 0.6) is 0 Å². The summed E-state index contributed by atoms with van der Waals surface area (Å²) < 4.78 is 0. The van der Waals surface area contributed by atoms with Crippen LogP contribution in [-0.2, 0) is 0 Å². The second kappa shape index (κ2) is 7.49. The molecule has 2 aliphatic rings. The fourth-order valence-electron chi connectivity index (χ4n) is 3.20. The maximum Gasteiger partial charge on any atom is 0.0223 e. The molecule has 2 unspecified atom stereocenters. The molecule has 0 bridgehead atoms. The van der Waals surface area contributed by atoms with Gasteiger partial charge < -0.3 is 5.32 Å². The van der Waals surface area contributed by atoms with Crippen molar-refractivity contribution in [3.63, 3.8) is 0 Å². The summed E-state index contributed by atoms with van der Waals surface area (Å²) in [5.74, 6) is 0.998. The lowest BCUT2D eigenvalue weighted by Crippen LogP contribution is -2.41. The van der Waals surface area contributed by atoms with Crippen molar-refractivity contribution in [2.75, 3.05) is 19.6 Å². The van der Waals surface area contributed by atoms with E-state index in [0.29, 0.717) is 0 Å². The number of nitrogens with zero attached hydrogens (tertiary/aromatic N) is 1. The van der Waals surface area contributed by atoms with Crippen molar-refractivity contribution >= 4 is 0 Å². The van der Waals surface area contributed by atoms with Crippen molar-refractivity contribution in [3.05, 3.63) is 0 Å². The summed E-state index contributed by atoms with van der Waals surface area (Å²) in [5, 5.41) is 3.77. The summed E-state index contributed by atoms with van der Waals surface area (Å²) in [5.41, 5.74) is 0. The van der Waals surface area contributed by atoms with Crippen molar-refractivity contribution in [1.29, 1.82) is 0 Å². The molecule has 2 heteroatoms. The molecule has 0 aromatic carbocycles. The van der Waals surface area contributed by atoms with Gasteiger partial charge in [-0.05, 0) is 51.6 Å². The van der Waals surface area contributed by atoms with Gasteiger partial charge in [0, 0.05) is 18.6 Å². The Kier molecular flexibility index (Phi) is 5.97. The van der Waals surface area contributed by atoms with Crippen LogP contribution in [0.1, 0.15) is 65.2 Å². The van der Waals surface area contributed by atoms with E-state index in [4.69, 9.17) is 0 Å². The summed E-state index contributed by atoms with van der Waals surface area (Å²) in [6.07, 6.45) is 11.3. The maximum absolute atomic E-state index is 3.77. The number of hydrogen-bond acceptors (Lipinski definition) is 2. The molecule has 0 spiro atoms. The van der Waals surface area contributed by atoms with E-state index in [2.05, 4.69) is 24.1 Å². The molecule has 1 saturated carbocycles. The van der Waals surface area contributed by atoms with E-state index in [9.17, 15) is 0 Å². The van der Waals surface area contributed by atoms with Crippen LogP contribution >= 0.6 is 0 Å². The lowest BCUT2D eigenvalue weighted by atomic mass is 10.1. The number of rotatable bonds is 7. The Hall–Kier alpha value is -0.0800. The summed E-state index contributed by atoms with van der Waals surface area (Å²) in [6.45, 7) is 8.58. The minimum Gasteiger partial charge on any atom is -0.312 e. The Bertz CT molecular complexity index is 225. The third-order valence-corrected chi connectivity index (χ3v) is 4.76. The molecule has 1 aliphatic heterocycles. The normalized spacial score (nSPS) is 30.3. The van der Waals surface area contributed by atoms with Crippen LogP contribution in [0, 0.1) is 5.92 Å². The summed E-state index contributed by atoms with van der Waals surface area (Å²) in [6, 6.07) is 1.58. The zero-order valence-corrected chi connectivity index (χ0v) is 12.5. The SMILES string of the molecule is CCCCCCCN1CC(C2CC2)NCCC1C. The van der Waals surface area contributed by atoms with Crippen molar-refractivity contribution < 1.29 is 0 Å². The Morgan fingerprint density at radius 3 is 2.56 bits per heavy atom. The summed E-state index contributed by atoms with van der Waals surface area (Å²) in [7, 11) is 0. The average Bonchev–Trinajstić information content (AvgIpc) is 3.18. The molecule has 1 N–H and O–H groups in total. The summed E-state index contributed by atoms with van der Waals surface area (Å²) >= 11 is 0. The van der Waals surface area contributed by atoms with Crippen LogP contribution < -0.4 is 5.32 Å². The molecule has 2 atom stereocenters. The van der Waals surface area contributed by atoms with Crippen molar-refractivity contribution in [1.82, 2.24) is 10.2 Å². The number of nitrogens with one attached hydrogen (secondary N) is 1. The fourth-order valence-corrected chi connectivity index (χ4v) is 3.20. The van der Waals surface area contributed by atoms with Crippen LogP contribution in [0.25, 0.3) is 0 Å². The molecule has 1 aliphatic carbocycles. The van der Waals surface area contributed by atoms with Gasteiger partial charge >= 0.3 is 0 Å². The van der Waals surface area contributed by atoms with Crippen molar-refractivity contribution in [2.24, 2.45) is 5.92 Å². The quantitative estimate of drug-likeness (QED) is 0.698. The van der Waals surface area contributed by atoms with Gasteiger partial charge in [-0.2, -0.15) is 0 Å². The van der Waals surface area contributed by atoms with Gasteiger partial charge in [-0.1, -0.05) is 32.6 Å². The van der Waals surface area contributed by atoms with Gasteiger partial charge in [0.25, 0.3) is 0 Å². The first-order valence-electron chi connectivity index (χ1n) is 8.28. The van der Waals surface area contributed by atoms with Gasteiger partial charge in [-0.3, -0.25) is 4.90 Å². The van der Waals surface area contributed by atoms with Gasteiger partial charge in [0.1, 0.15) is 0 Å². The fraction of sp³-hybridized carbons (Fsp3) is 1.00. The minimum atomic E-state index is 0.785. The predicted molar refractivity (Wildman–Crippen MR) is 78.9 cm³/mol. The lowest BCUT2D eigenvalue weighted by Gasteiger charge is -2.29. The molecule has 2 nitrogen and oxygen atoms in total. The highest BCUT2D eigenvalue weighted by atomic mass is 15.2. The smallest absolute Gasteiger partial charge is 0.0223 e. The van der Waals surface area contributed by atoms with Crippen LogP contribution in [0.4, 0.5) is 0 Å². The molecule has 106 valence electrons. The van der Waals surface area contributed by atoms with Gasteiger partial charge in [0.05, 0.1) is 0 Å². The standard InChI is InChI=1S/C16H32N2/c1-3-4-5-6-7-12-18-13-16(15-8-9-15)17-11-10-14(18)2/h14-17H,3-13H2,1-2H3. The first kappa shape index (κ1) is 14.3. The second-order valence-electron chi connectivity index (χ2n) is 6.44. The van der Waals surface area contributed by atoms with E-state index in [1.807, 2.05) is 0 Å². The molecular weight excluding hydrogens is 220 g/mol. The molecular formula is C16H32N2. The molecule has 0 radical (unpaired) electrons. The third-order valence-electron chi connectivity index (χ3n) is 4.76. The van der Waals surface area contributed by atoms with Crippen LogP contribution in [0.3, 0.4) is 0 Å². The predicted octanol–water partition coefficient (Wildman–Crippen LogP) is 3.42. The molecule has 1 heterocycles. The molecule has 0 aromatic rings. The van der Waals surface area contributed by atoms with Gasteiger partial charge in [-0.25, -0.2) is 0 Å². The molecule has 0 amide bonds. The minimum absolute atomic E-state index is 0.785. The van der Waals surface area contributed by atoms with Gasteiger partial charge in [-0.15, -0.1) is 0 Å². The molecule has 2 rings (SSSR count). The monoisotopic (exact) mass is 252 g/mol. The second-order valence-corrected chi connectivity index (χ2v) is 6.44. The van der Waals surface area contributed by atoms with Crippen molar-refractivity contribution in [2.45, 2.75) is 77.3 Å². The highest BCUT2D eigenvalue weighted by Crippen LogP contribution is 2.34. The third kappa shape index (κ3) is 4.55. The van der Waals surface area contributed by atoms with Crippen LogP contribution in [-0.4, -0.2) is 36.6 Å². The number of hydrogen-bond donors (Lipinski definition) is 1. The topological polar surface area (TPSA) is 15.3 Å². The first-order valence-corrected chi connectivity index (χ1v) is 8.28. The van der Waals surface area contributed by atoms with Crippen LogP contribution in [0.15, 0.2) is 0 Å². The Morgan fingerprint density at radius 2 is 1.83 bits per heavy atom. The summed E-state index contributed by atoms with van der Waals surface area (Å²) in [4.78, 5) is 2.76. The zero-order valence-electron chi connectivity index (χ0n) is 12.5. The van der Waals surface area contributed by atoms with Gasteiger partial charge in [0.15, 0.2) is 0 Å². The van der Waals surface area contributed by atoms with Crippen molar-refractivity contribution in [3.8, 4) is 0 Å². The first-order chi connectivity index (χ1) is 8.81. The lowest BCUT2D eigenvalue weighted by molar-refractivity contribution is 0.195. The largest absolute Gasteiger partial charge is 0.312 e. The van der Waals surface area contributed by atoms with E-state index in [0.717, 1.165) is 18.0 Å². The van der Waals surface area contributed by atoms with E-state index in [-0.39, 0.29) is 0 Å². The molecule has 18 heavy (non-hydrogen) atoms. The number of unbranched alkanes of at least 4 members (excludes halogenated alkanes) is 4. The Morgan fingerprint density at radius 1 is 1.06 bits per heavy atom. The maximum atomic E-state index is 3.77. The molecule has 0 aromatic heterocycles. The van der Waals surface area contributed by atoms with E-state index >= 15 is 0 Å². The van der Waals surface area contributed by atoms with Gasteiger partial charge in [0.2, 0.25) is 0 Å². The molecule has 1 saturated heterocycles. The highest BCUT2D eigenvalue weighted by Gasteiger charge is 2.34.